The first kappa shape index (κ1) is 29.9. The van der Waals surface area contributed by atoms with Crippen LogP contribution in [0.5, 0.6) is 5.75 Å². The first-order valence-corrected chi connectivity index (χ1v) is 14.3. The number of carbonyl (C=O) groups excluding carboxylic acids is 2. The van der Waals surface area contributed by atoms with Crippen LogP contribution in [0.1, 0.15) is 37.5 Å². The number of halogens is 2. The Hall–Kier alpha value is -2.67. The van der Waals surface area contributed by atoms with Crippen molar-refractivity contribution in [1.82, 2.24) is 10.2 Å². The Labute approximate surface area is 239 Å². The third kappa shape index (κ3) is 9.26. The molecule has 0 radical (unpaired) electrons. The summed E-state index contributed by atoms with van der Waals surface area (Å²) < 4.78 is 5.39. The van der Waals surface area contributed by atoms with Crippen LogP contribution in [0.2, 0.25) is 10.0 Å². The highest BCUT2D eigenvalue weighted by Gasteiger charge is 2.32. The van der Waals surface area contributed by atoms with Crippen molar-refractivity contribution in [1.29, 1.82) is 0 Å². The van der Waals surface area contributed by atoms with Gasteiger partial charge in [-0.2, -0.15) is 0 Å². The van der Waals surface area contributed by atoms with E-state index in [1.54, 1.807) is 18.1 Å². The second-order valence-corrected chi connectivity index (χ2v) is 11.9. The van der Waals surface area contributed by atoms with E-state index in [0.717, 1.165) is 16.7 Å². The van der Waals surface area contributed by atoms with Crippen molar-refractivity contribution in [3.63, 3.8) is 0 Å². The Kier molecular flexibility index (Phi) is 11.0. The predicted molar refractivity (Wildman–Crippen MR) is 158 cm³/mol. The highest BCUT2D eigenvalue weighted by Crippen LogP contribution is 2.25. The van der Waals surface area contributed by atoms with Gasteiger partial charge in [0.1, 0.15) is 11.8 Å². The van der Waals surface area contributed by atoms with E-state index in [2.05, 4.69) is 5.32 Å². The zero-order valence-electron chi connectivity index (χ0n) is 22.2. The lowest BCUT2D eigenvalue weighted by Gasteiger charge is -2.34. The number of rotatable bonds is 11. The first-order valence-electron chi connectivity index (χ1n) is 12.4. The highest BCUT2D eigenvalue weighted by atomic mass is 35.5. The molecule has 2 amide bonds. The maximum Gasteiger partial charge on any atom is 0.243 e. The molecule has 0 aliphatic carbocycles. The Morgan fingerprint density at radius 3 is 2.29 bits per heavy atom. The number of amides is 2. The van der Waals surface area contributed by atoms with Gasteiger partial charge >= 0.3 is 0 Å². The van der Waals surface area contributed by atoms with Crippen molar-refractivity contribution >= 4 is 46.8 Å². The van der Waals surface area contributed by atoms with E-state index in [1.807, 2.05) is 87.5 Å². The number of methoxy groups -OCH3 is 1. The number of thioether (sulfide) groups is 1. The summed E-state index contributed by atoms with van der Waals surface area (Å²) in [5.74, 6) is 1.18. The van der Waals surface area contributed by atoms with E-state index < -0.39 is 11.6 Å². The Morgan fingerprint density at radius 1 is 0.921 bits per heavy atom. The predicted octanol–water partition coefficient (Wildman–Crippen LogP) is 6.79. The fourth-order valence-electron chi connectivity index (χ4n) is 3.94. The maximum atomic E-state index is 13.8. The van der Waals surface area contributed by atoms with Gasteiger partial charge < -0.3 is 15.0 Å². The number of benzene rings is 3. The second kappa shape index (κ2) is 13.9. The molecule has 0 aromatic heterocycles. The average molecular weight is 574 g/mol. The molecule has 0 bridgehead atoms. The van der Waals surface area contributed by atoms with E-state index in [1.165, 1.54) is 11.8 Å². The summed E-state index contributed by atoms with van der Waals surface area (Å²) in [6.07, 6.45) is 0.399. The van der Waals surface area contributed by atoms with Crippen LogP contribution in [0.25, 0.3) is 0 Å². The molecule has 0 saturated carbocycles. The van der Waals surface area contributed by atoms with Gasteiger partial charge in [-0.05, 0) is 61.7 Å². The second-order valence-electron chi connectivity index (χ2n) is 10.1. The number of nitrogens with one attached hydrogen (secondary N) is 1. The van der Waals surface area contributed by atoms with Gasteiger partial charge in [0, 0.05) is 24.3 Å². The largest absolute Gasteiger partial charge is 0.497 e. The summed E-state index contributed by atoms with van der Waals surface area (Å²) in [7, 11) is 1.61. The molecule has 0 heterocycles. The van der Waals surface area contributed by atoms with Crippen LogP contribution in [-0.2, 0) is 28.3 Å². The van der Waals surface area contributed by atoms with Crippen molar-refractivity contribution in [3.05, 3.63) is 99.5 Å². The van der Waals surface area contributed by atoms with E-state index in [0.29, 0.717) is 28.0 Å². The van der Waals surface area contributed by atoms with Crippen LogP contribution in [-0.4, -0.2) is 41.2 Å². The molecule has 0 fully saturated rings. The molecule has 0 unspecified atom stereocenters. The summed E-state index contributed by atoms with van der Waals surface area (Å²) in [6, 6.07) is 22.1. The van der Waals surface area contributed by atoms with Crippen LogP contribution in [0, 0.1) is 0 Å². The number of hydrogen-bond donors (Lipinski definition) is 1. The molecule has 38 heavy (non-hydrogen) atoms. The zero-order valence-corrected chi connectivity index (χ0v) is 24.5. The van der Waals surface area contributed by atoms with Crippen LogP contribution >= 0.6 is 35.0 Å². The van der Waals surface area contributed by atoms with Gasteiger partial charge in [-0.25, -0.2) is 0 Å². The Morgan fingerprint density at radius 2 is 1.63 bits per heavy atom. The minimum atomic E-state index is -0.694. The van der Waals surface area contributed by atoms with Gasteiger partial charge in [0.25, 0.3) is 0 Å². The van der Waals surface area contributed by atoms with Gasteiger partial charge in [0.15, 0.2) is 0 Å². The van der Waals surface area contributed by atoms with Gasteiger partial charge in [0.2, 0.25) is 11.8 Å². The summed E-state index contributed by atoms with van der Waals surface area (Å²) in [5.41, 5.74) is 2.39. The van der Waals surface area contributed by atoms with Crippen molar-refractivity contribution in [3.8, 4) is 5.75 Å². The molecule has 202 valence electrons. The van der Waals surface area contributed by atoms with E-state index in [-0.39, 0.29) is 24.1 Å². The molecule has 3 rings (SSSR count). The summed E-state index contributed by atoms with van der Waals surface area (Å²) in [4.78, 5) is 29.1. The number of ether oxygens (including phenoxy) is 1. The smallest absolute Gasteiger partial charge is 0.243 e. The zero-order chi connectivity index (χ0) is 27.7. The number of nitrogens with zero attached hydrogens (tertiary/aromatic N) is 1. The third-order valence-corrected chi connectivity index (χ3v) is 7.46. The number of carbonyl (C=O) groups is 2. The molecule has 0 aliphatic rings. The van der Waals surface area contributed by atoms with Gasteiger partial charge in [-0.3, -0.25) is 9.59 Å². The molecule has 0 spiro atoms. The Bertz CT molecular complexity index is 1230. The summed E-state index contributed by atoms with van der Waals surface area (Å²) >= 11 is 13.7. The molecule has 3 aromatic carbocycles. The minimum Gasteiger partial charge on any atom is -0.497 e. The maximum absolute atomic E-state index is 13.8. The molecule has 3 aromatic rings. The molecular weight excluding hydrogens is 539 g/mol. The lowest BCUT2D eigenvalue weighted by molar-refractivity contribution is -0.140. The van der Waals surface area contributed by atoms with Crippen LogP contribution < -0.4 is 10.1 Å². The van der Waals surface area contributed by atoms with Crippen LogP contribution in [0.15, 0.2) is 72.8 Å². The molecular formula is C30H34Cl2N2O3S. The monoisotopic (exact) mass is 572 g/mol. The van der Waals surface area contributed by atoms with Crippen molar-refractivity contribution in [2.45, 2.75) is 51.1 Å². The van der Waals surface area contributed by atoms with E-state index in [9.17, 15) is 9.59 Å². The van der Waals surface area contributed by atoms with Crippen LogP contribution in [0.4, 0.5) is 0 Å². The molecule has 0 saturated heterocycles. The first-order chi connectivity index (χ1) is 18.1. The fraction of sp³-hybridized carbons (Fsp3) is 0.333. The molecule has 8 heteroatoms. The summed E-state index contributed by atoms with van der Waals surface area (Å²) in [5, 5.41) is 4.06. The fourth-order valence-corrected chi connectivity index (χ4v) is 5.12. The SMILES string of the molecule is COc1cccc(CN(C(=O)CSCc2ccc(Cl)c(Cl)c2)[C@H](Cc2ccccc2)C(=O)NC(C)(C)C)c1. The van der Waals surface area contributed by atoms with E-state index in [4.69, 9.17) is 27.9 Å². The standard InChI is InChI=1S/C30H34Cl2N2O3S/c1-30(2,3)33-29(36)27(17-21-9-6-5-7-10-21)34(18-22-11-8-12-24(15-22)37-4)28(35)20-38-19-23-13-14-25(31)26(32)16-23/h5-16,27H,17-20H2,1-4H3,(H,33,36)/t27-/m1/s1. The normalized spacial score (nSPS) is 12.1. The molecule has 5 nitrogen and oxygen atoms in total. The summed E-state index contributed by atoms with van der Waals surface area (Å²) in [6.45, 7) is 6.09. The topological polar surface area (TPSA) is 58.6 Å². The molecule has 1 N–H and O–H groups in total. The number of hydrogen-bond acceptors (Lipinski definition) is 4. The molecule has 0 aliphatic heterocycles. The quantitative estimate of drug-likeness (QED) is 0.275. The average Bonchev–Trinajstić information content (AvgIpc) is 2.87. The molecule has 1 atom stereocenters. The van der Waals surface area contributed by atoms with Gasteiger partial charge in [0.05, 0.1) is 22.9 Å². The van der Waals surface area contributed by atoms with Crippen molar-refractivity contribution in [2.24, 2.45) is 0 Å². The third-order valence-electron chi connectivity index (χ3n) is 5.73. The van der Waals surface area contributed by atoms with Gasteiger partial charge in [-0.1, -0.05) is 71.7 Å². The van der Waals surface area contributed by atoms with Gasteiger partial charge in [-0.15, -0.1) is 11.8 Å². The Balaban J connectivity index is 1.88. The van der Waals surface area contributed by atoms with E-state index >= 15 is 0 Å². The van der Waals surface area contributed by atoms with Crippen molar-refractivity contribution < 1.29 is 14.3 Å². The van der Waals surface area contributed by atoms with Crippen molar-refractivity contribution in [2.75, 3.05) is 12.9 Å². The lowest BCUT2D eigenvalue weighted by Crippen LogP contribution is -2.54. The minimum absolute atomic E-state index is 0.122. The van der Waals surface area contributed by atoms with Crippen LogP contribution in [0.3, 0.4) is 0 Å². The highest BCUT2D eigenvalue weighted by molar-refractivity contribution is 7.99. The lowest BCUT2D eigenvalue weighted by atomic mass is 10.0.